The van der Waals surface area contributed by atoms with Crippen molar-refractivity contribution in [3.05, 3.63) is 59.9 Å². The van der Waals surface area contributed by atoms with E-state index in [0.717, 1.165) is 35.3 Å². The predicted molar refractivity (Wildman–Crippen MR) is 111 cm³/mol. The Balaban J connectivity index is 1.68. The molecule has 3 rings (SSSR count). The molecule has 0 bridgehead atoms. The van der Waals surface area contributed by atoms with Gasteiger partial charge >= 0.3 is 6.09 Å². The largest absolute Gasteiger partial charge is 0.414 e. The van der Waals surface area contributed by atoms with E-state index in [-0.39, 0.29) is 12.5 Å². The third-order valence-electron chi connectivity index (χ3n) is 4.31. The van der Waals surface area contributed by atoms with Gasteiger partial charge in [-0.2, -0.15) is 0 Å². The number of rotatable bonds is 8. The van der Waals surface area contributed by atoms with Crippen LogP contribution in [0.1, 0.15) is 30.5 Å². The molecule has 1 unspecified atom stereocenters. The molecule has 0 aliphatic carbocycles. The molecule has 0 aliphatic heterocycles. The lowest BCUT2D eigenvalue weighted by atomic mass is 10.1. The van der Waals surface area contributed by atoms with E-state index in [2.05, 4.69) is 32.5 Å². The summed E-state index contributed by atoms with van der Waals surface area (Å²) >= 11 is 0. The zero-order valence-electron chi connectivity index (χ0n) is 16.5. The zero-order chi connectivity index (χ0) is 20.6. The number of aromatic amines is 1. The molecule has 2 heterocycles. The molecule has 0 saturated carbocycles. The number of aliphatic hydroxyl groups is 1. The van der Waals surface area contributed by atoms with Gasteiger partial charge in [0.1, 0.15) is 0 Å². The first kappa shape index (κ1) is 20.3. The molecule has 0 fully saturated rings. The van der Waals surface area contributed by atoms with Gasteiger partial charge in [0, 0.05) is 30.6 Å². The van der Waals surface area contributed by atoms with E-state index in [1.54, 1.807) is 18.5 Å². The summed E-state index contributed by atoms with van der Waals surface area (Å²) < 4.78 is 5.33. The van der Waals surface area contributed by atoms with Crippen LogP contribution in [-0.4, -0.2) is 39.3 Å². The lowest BCUT2D eigenvalue weighted by molar-refractivity contribution is 0.182. The van der Waals surface area contributed by atoms with Crippen molar-refractivity contribution < 1.29 is 14.6 Å². The molecular formula is C21H25N5O3. The third kappa shape index (κ3) is 5.32. The number of hydrogen-bond acceptors (Lipinski definition) is 6. The van der Waals surface area contributed by atoms with Crippen molar-refractivity contribution in [2.24, 2.45) is 0 Å². The Bertz CT molecular complexity index is 942. The van der Waals surface area contributed by atoms with Crippen LogP contribution in [0.25, 0.3) is 11.3 Å². The van der Waals surface area contributed by atoms with Gasteiger partial charge in [-0.15, -0.1) is 0 Å². The Labute approximate surface area is 169 Å². The summed E-state index contributed by atoms with van der Waals surface area (Å²) in [7, 11) is 0. The fourth-order valence-electron chi connectivity index (χ4n) is 2.82. The van der Waals surface area contributed by atoms with Gasteiger partial charge in [0.25, 0.3) is 0 Å². The Morgan fingerprint density at radius 2 is 2.10 bits per heavy atom. The summed E-state index contributed by atoms with van der Waals surface area (Å²) in [6, 6.07) is 10.4. The number of carbonyl (C=O) groups is 1. The van der Waals surface area contributed by atoms with Gasteiger partial charge in [0.15, 0.2) is 0 Å². The maximum Gasteiger partial charge on any atom is 0.414 e. The SMILES string of the molecule is CCCNc1ncc(C)c(-c2c[nH]c(OC(=O)NC(CO)c3ccccc3)c2)n1. The highest BCUT2D eigenvalue weighted by Crippen LogP contribution is 2.25. The first-order valence-electron chi connectivity index (χ1n) is 9.51. The molecule has 0 aliphatic rings. The molecule has 1 atom stereocenters. The summed E-state index contributed by atoms with van der Waals surface area (Å²) in [6.45, 7) is 4.55. The van der Waals surface area contributed by atoms with E-state index in [9.17, 15) is 9.90 Å². The van der Waals surface area contributed by atoms with Crippen molar-refractivity contribution in [3.63, 3.8) is 0 Å². The molecule has 29 heavy (non-hydrogen) atoms. The third-order valence-corrected chi connectivity index (χ3v) is 4.31. The Morgan fingerprint density at radius 1 is 1.31 bits per heavy atom. The number of aliphatic hydroxyl groups excluding tert-OH is 1. The molecule has 3 aromatic rings. The van der Waals surface area contributed by atoms with Crippen molar-refractivity contribution in [2.45, 2.75) is 26.3 Å². The fourth-order valence-corrected chi connectivity index (χ4v) is 2.82. The molecule has 1 aromatic carbocycles. The molecule has 152 valence electrons. The first-order chi connectivity index (χ1) is 14.1. The maximum atomic E-state index is 12.2. The molecule has 0 saturated heterocycles. The number of anilines is 1. The number of benzene rings is 1. The van der Waals surface area contributed by atoms with Crippen LogP contribution in [0.4, 0.5) is 10.7 Å². The summed E-state index contributed by atoms with van der Waals surface area (Å²) in [6.07, 6.45) is 3.79. The standard InChI is InChI=1S/C21H25N5O3/c1-3-9-22-20-24-11-14(2)19(26-20)16-10-18(23-12-16)29-21(28)25-17(13-27)15-7-5-4-6-8-15/h4-8,10-12,17,23,27H,3,9,13H2,1-2H3,(H,25,28)(H,22,24,26). The molecule has 2 aromatic heterocycles. The van der Waals surface area contributed by atoms with E-state index in [4.69, 9.17) is 4.74 Å². The van der Waals surface area contributed by atoms with Gasteiger partial charge in [-0.3, -0.25) is 0 Å². The van der Waals surface area contributed by atoms with Crippen LogP contribution >= 0.6 is 0 Å². The van der Waals surface area contributed by atoms with Crippen LogP contribution in [0.5, 0.6) is 5.88 Å². The van der Waals surface area contributed by atoms with Crippen LogP contribution in [0.3, 0.4) is 0 Å². The first-order valence-corrected chi connectivity index (χ1v) is 9.51. The Hall–Kier alpha value is -3.39. The molecule has 1 amide bonds. The fraction of sp³-hybridized carbons (Fsp3) is 0.286. The second kappa shape index (κ2) is 9.70. The number of ether oxygens (including phenoxy) is 1. The highest BCUT2D eigenvalue weighted by atomic mass is 16.6. The number of aryl methyl sites for hydroxylation is 1. The van der Waals surface area contributed by atoms with Gasteiger partial charge in [-0.1, -0.05) is 37.3 Å². The quantitative estimate of drug-likeness (QED) is 0.465. The monoisotopic (exact) mass is 395 g/mol. The van der Waals surface area contributed by atoms with Gasteiger partial charge in [-0.05, 0) is 24.5 Å². The molecule has 0 spiro atoms. The number of nitrogens with zero attached hydrogens (tertiary/aromatic N) is 2. The molecule has 8 nitrogen and oxygen atoms in total. The highest BCUT2D eigenvalue weighted by molar-refractivity contribution is 5.72. The van der Waals surface area contributed by atoms with Crippen LogP contribution in [0.15, 0.2) is 48.8 Å². The molecule has 0 radical (unpaired) electrons. The van der Waals surface area contributed by atoms with Gasteiger partial charge in [0.2, 0.25) is 11.8 Å². The second-order valence-electron chi connectivity index (χ2n) is 6.58. The van der Waals surface area contributed by atoms with Crippen molar-refractivity contribution in [2.75, 3.05) is 18.5 Å². The van der Waals surface area contributed by atoms with E-state index >= 15 is 0 Å². The normalized spacial score (nSPS) is 11.7. The maximum absolute atomic E-state index is 12.2. The topological polar surface area (TPSA) is 112 Å². The minimum Gasteiger partial charge on any atom is -0.394 e. The predicted octanol–water partition coefficient (Wildman–Crippen LogP) is 3.42. The smallest absolute Gasteiger partial charge is 0.394 e. The van der Waals surface area contributed by atoms with Crippen molar-refractivity contribution >= 4 is 12.0 Å². The van der Waals surface area contributed by atoms with E-state index in [1.165, 1.54) is 0 Å². The summed E-state index contributed by atoms with van der Waals surface area (Å²) in [4.78, 5) is 24.0. The molecule has 4 N–H and O–H groups in total. The number of amides is 1. The summed E-state index contributed by atoms with van der Waals surface area (Å²) in [5.74, 6) is 0.839. The minimum absolute atomic E-state index is 0.233. The number of aromatic nitrogens is 3. The minimum atomic E-state index is -0.661. The Kier molecular flexibility index (Phi) is 6.80. The second-order valence-corrected chi connectivity index (χ2v) is 6.58. The number of H-pyrrole nitrogens is 1. The van der Waals surface area contributed by atoms with Crippen LogP contribution in [-0.2, 0) is 0 Å². The van der Waals surface area contributed by atoms with E-state index in [1.807, 2.05) is 37.3 Å². The van der Waals surface area contributed by atoms with Crippen LogP contribution in [0, 0.1) is 6.92 Å². The van der Waals surface area contributed by atoms with Crippen molar-refractivity contribution in [1.82, 2.24) is 20.3 Å². The zero-order valence-corrected chi connectivity index (χ0v) is 16.5. The number of nitrogens with one attached hydrogen (secondary N) is 3. The van der Waals surface area contributed by atoms with Gasteiger partial charge < -0.3 is 25.5 Å². The van der Waals surface area contributed by atoms with E-state index < -0.39 is 12.1 Å². The highest BCUT2D eigenvalue weighted by Gasteiger charge is 2.16. The van der Waals surface area contributed by atoms with E-state index in [0.29, 0.717) is 5.95 Å². The van der Waals surface area contributed by atoms with Gasteiger partial charge in [-0.25, -0.2) is 14.8 Å². The van der Waals surface area contributed by atoms with Gasteiger partial charge in [0.05, 0.1) is 18.3 Å². The van der Waals surface area contributed by atoms with Crippen LogP contribution in [0.2, 0.25) is 0 Å². The van der Waals surface area contributed by atoms with Crippen molar-refractivity contribution in [1.29, 1.82) is 0 Å². The average molecular weight is 395 g/mol. The molecule has 8 heteroatoms. The number of hydrogen-bond donors (Lipinski definition) is 4. The van der Waals surface area contributed by atoms with Crippen molar-refractivity contribution in [3.8, 4) is 17.1 Å². The summed E-state index contributed by atoms with van der Waals surface area (Å²) in [5, 5.41) is 15.4. The lowest BCUT2D eigenvalue weighted by Crippen LogP contribution is -2.33. The number of carbonyl (C=O) groups excluding carboxylic acids is 1. The summed E-state index contributed by atoms with van der Waals surface area (Å²) in [5.41, 5.74) is 3.24. The lowest BCUT2D eigenvalue weighted by Gasteiger charge is -2.15. The van der Waals surface area contributed by atoms with Crippen LogP contribution < -0.4 is 15.4 Å². The average Bonchev–Trinajstić information content (AvgIpc) is 3.20. The Morgan fingerprint density at radius 3 is 2.83 bits per heavy atom. The molecular weight excluding hydrogens is 370 g/mol.